The molecule has 1 aliphatic heterocycles. The third-order valence-electron chi connectivity index (χ3n) is 6.59. The smallest absolute Gasteiger partial charge is 0.411 e. The number of rotatable bonds is 9. The number of carboxylic acids is 1. The zero-order valence-electron chi connectivity index (χ0n) is 21.0. The summed E-state index contributed by atoms with van der Waals surface area (Å²) in [5.74, 6) is -1.81. The third-order valence-corrected chi connectivity index (χ3v) is 6.59. The van der Waals surface area contributed by atoms with Crippen molar-refractivity contribution in [1.82, 2.24) is 9.96 Å². The van der Waals surface area contributed by atoms with E-state index in [4.69, 9.17) is 9.84 Å². The number of carbonyl (C=O) groups excluding carboxylic acids is 2. The van der Waals surface area contributed by atoms with E-state index >= 15 is 0 Å². The lowest BCUT2D eigenvalue weighted by Crippen LogP contribution is -2.39. The summed E-state index contributed by atoms with van der Waals surface area (Å²) in [7, 11) is 0. The van der Waals surface area contributed by atoms with Crippen LogP contribution in [-0.4, -0.2) is 57.9 Å². The van der Waals surface area contributed by atoms with Gasteiger partial charge in [-0.2, -0.15) is 0 Å². The van der Waals surface area contributed by atoms with Crippen LogP contribution in [0.3, 0.4) is 0 Å². The maximum Gasteiger partial charge on any atom is 0.411 e. The number of hydrogen-bond donors (Lipinski definition) is 3. The first-order valence-electron chi connectivity index (χ1n) is 12.5. The topological polar surface area (TPSA) is 119 Å². The van der Waals surface area contributed by atoms with E-state index in [0.29, 0.717) is 16.8 Å². The van der Waals surface area contributed by atoms with Crippen LogP contribution in [0.1, 0.15) is 24.0 Å². The molecule has 0 aliphatic carbocycles. The fourth-order valence-corrected chi connectivity index (χ4v) is 4.52. The number of anilines is 1. The first-order chi connectivity index (χ1) is 18.4. The molecule has 38 heavy (non-hydrogen) atoms. The molecule has 0 saturated carbocycles. The quantitative estimate of drug-likeness (QED) is 0.215. The molecule has 0 atom stereocenters. The number of aliphatic carboxylic acids is 1. The van der Waals surface area contributed by atoms with Gasteiger partial charge in [0, 0.05) is 24.1 Å². The van der Waals surface area contributed by atoms with Crippen LogP contribution in [0.4, 0.5) is 10.5 Å². The molecule has 0 aromatic heterocycles. The van der Waals surface area contributed by atoms with Gasteiger partial charge in [0.2, 0.25) is 0 Å². The van der Waals surface area contributed by atoms with Crippen LogP contribution >= 0.6 is 0 Å². The summed E-state index contributed by atoms with van der Waals surface area (Å²) < 4.78 is 5.42. The summed E-state index contributed by atoms with van der Waals surface area (Å²) in [4.78, 5) is 36.9. The largest absolute Gasteiger partial charge is 0.478 e. The Kier molecular flexibility index (Phi) is 9.07. The van der Waals surface area contributed by atoms with Crippen LogP contribution in [-0.2, 0) is 27.5 Å². The number of fused-ring (bicyclic) bond motifs is 1. The molecule has 1 aliphatic rings. The van der Waals surface area contributed by atoms with Crippen molar-refractivity contribution < 1.29 is 29.4 Å². The second-order valence-corrected chi connectivity index (χ2v) is 9.36. The molecule has 0 spiro atoms. The van der Waals surface area contributed by atoms with E-state index in [9.17, 15) is 19.6 Å². The number of nitrogens with zero attached hydrogens (tertiary/aromatic N) is 2. The number of benzene rings is 3. The third kappa shape index (κ3) is 7.64. The van der Waals surface area contributed by atoms with E-state index < -0.39 is 18.0 Å². The fourth-order valence-electron chi connectivity index (χ4n) is 4.52. The minimum Gasteiger partial charge on any atom is -0.478 e. The second kappa shape index (κ2) is 12.8. The van der Waals surface area contributed by atoms with Gasteiger partial charge in [0.25, 0.3) is 5.91 Å². The van der Waals surface area contributed by atoms with Crippen LogP contribution < -0.4 is 5.32 Å². The van der Waals surface area contributed by atoms with E-state index in [2.05, 4.69) is 10.2 Å². The molecule has 3 aromatic rings. The van der Waals surface area contributed by atoms with Gasteiger partial charge >= 0.3 is 12.1 Å². The highest BCUT2D eigenvalue weighted by atomic mass is 16.5. The molecule has 1 heterocycles. The van der Waals surface area contributed by atoms with E-state index in [-0.39, 0.29) is 19.1 Å². The molecular weight excluding hydrogens is 486 g/mol. The van der Waals surface area contributed by atoms with Gasteiger partial charge < -0.3 is 9.84 Å². The molecule has 1 fully saturated rings. The number of amides is 2. The van der Waals surface area contributed by atoms with Crippen molar-refractivity contribution in [3.63, 3.8) is 0 Å². The van der Waals surface area contributed by atoms with E-state index in [0.717, 1.165) is 60.5 Å². The standard InChI is InChI=1S/C29H31N3O6/c33-27(12-13-28(34)35)32(37)19-22-14-16-31(17-15-22)18-21-8-10-23(11-9-21)20-38-29(36)30-26-7-3-5-24-4-1-2-6-25(24)26/h1-13,22,37H,14-20H2,(H,30,36)(H,34,35)/b13-12+. The Bertz CT molecular complexity index is 1290. The van der Waals surface area contributed by atoms with Gasteiger partial charge in [-0.1, -0.05) is 60.7 Å². The number of piperidine rings is 1. The number of carbonyl (C=O) groups is 3. The Balaban J connectivity index is 1.19. The molecule has 3 N–H and O–H groups in total. The lowest BCUT2D eigenvalue weighted by molar-refractivity contribution is -0.163. The Labute approximate surface area is 220 Å². The summed E-state index contributed by atoms with van der Waals surface area (Å²) in [6, 6.07) is 21.5. The van der Waals surface area contributed by atoms with Gasteiger partial charge in [-0.15, -0.1) is 0 Å². The number of hydroxylamine groups is 2. The van der Waals surface area contributed by atoms with Crippen molar-refractivity contribution in [3.05, 3.63) is 90.0 Å². The lowest BCUT2D eigenvalue weighted by Gasteiger charge is -2.33. The van der Waals surface area contributed by atoms with Gasteiger partial charge in [0.1, 0.15) is 6.61 Å². The van der Waals surface area contributed by atoms with Crippen molar-refractivity contribution in [3.8, 4) is 0 Å². The summed E-state index contributed by atoms with van der Waals surface area (Å²) in [5.41, 5.74) is 2.75. The van der Waals surface area contributed by atoms with Gasteiger partial charge in [-0.05, 0) is 54.4 Å². The first kappa shape index (κ1) is 26.8. The van der Waals surface area contributed by atoms with E-state index in [1.54, 1.807) is 0 Å². The van der Waals surface area contributed by atoms with E-state index in [1.807, 2.05) is 66.7 Å². The molecule has 0 unspecified atom stereocenters. The minimum absolute atomic E-state index is 0.151. The minimum atomic E-state index is -1.23. The van der Waals surface area contributed by atoms with Crippen LogP contribution in [0, 0.1) is 5.92 Å². The molecule has 0 bridgehead atoms. The summed E-state index contributed by atoms with van der Waals surface area (Å²) in [6.45, 7) is 2.78. The van der Waals surface area contributed by atoms with Crippen LogP contribution in [0.2, 0.25) is 0 Å². The SMILES string of the molecule is O=C(O)/C=C/C(=O)N(O)CC1CCN(Cc2ccc(COC(=O)Nc3cccc4ccccc34)cc2)CC1. The maximum absolute atomic E-state index is 12.3. The highest BCUT2D eigenvalue weighted by molar-refractivity contribution is 6.00. The average Bonchev–Trinajstić information content (AvgIpc) is 2.92. The monoisotopic (exact) mass is 517 g/mol. The molecule has 9 heteroatoms. The number of carboxylic acid groups (broad SMARTS) is 1. The average molecular weight is 518 g/mol. The zero-order valence-corrected chi connectivity index (χ0v) is 21.0. The normalized spacial score (nSPS) is 14.4. The summed E-state index contributed by atoms with van der Waals surface area (Å²) >= 11 is 0. The van der Waals surface area contributed by atoms with Crippen molar-refractivity contribution in [1.29, 1.82) is 0 Å². The van der Waals surface area contributed by atoms with Crippen molar-refractivity contribution >= 4 is 34.4 Å². The van der Waals surface area contributed by atoms with Gasteiger partial charge in [0.15, 0.2) is 0 Å². The summed E-state index contributed by atoms with van der Waals surface area (Å²) in [6.07, 6.45) is 2.71. The Morgan fingerprint density at radius 2 is 1.63 bits per heavy atom. The van der Waals surface area contributed by atoms with Crippen LogP contribution in [0.15, 0.2) is 78.9 Å². The van der Waals surface area contributed by atoms with Crippen molar-refractivity contribution in [2.75, 3.05) is 25.0 Å². The Hall–Kier alpha value is -4.21. The molecule has 4 rings (SSSR count). The predicted octanol–water partition coefficient (Wildman–Crippen LogP) is 4.66. The number of nitrogens with one attached hydrogen (secondary N) is 1. The zero-order chi connectivity index (χ0) is 26.9. The second-order valence-electron chi connectivity index (χ2n) is 9.36. The number of hydrogen-bond acceptors (Lipinski definition) is 6. The molecular formula is C29H31N3O6. The molecule has 0 radical (unpaired) electrons. The maximum atomic E-state index is 12.3. The van der Waals surface area contributed by atoms with Crippen molar-refractivity contribution in [2.45, 2.75) is 26.0 Å². The highest BCUT2D eigenvalue weighted by Gasteiger charge is 2.22. The Morgan fingerprint density at radius 3 is 2.37 bits per heavy atom. The van der Waals surface area contributed by atoms with Crippen LogP contribution in [0.25, 0.3) is 10.8 Å². The van der Waals surface area contributed by atoms with Crippen LogP contribution in [0.5, 0.6) is 0 Å². The summed E-state index contributed by atoms with van der Waals surface area (Å²) in [5, 5.41) is 23.9. The first-order valence-corrected chi connectivity index (χ1v) is 12.5. The lowest BCUT2D eigenvalue weighted by atomic mass is 9.96. The van der Waals surface area contributed by atoms with Crippen molar-refractivity contribution in [2.24, 2.45) is 5.92 Å². The number of ether oxygens (including phenoxy) is 1. The molecule has 2 amide bonds. The predicted molar refractivity (Wildman–Crippen MR) is 142 cm³/mol. The number of likely N-dealkylation sites (tertiary alicyclic amines) is 1. The van der Waals surface area contributed by atoms with Gasteiger partial charge in [-0.3, -0.25) is 20.2 Å². The molecule has 198 valence electrons. The molecule has 1 saturated heterocycles. The van der Waals surface area contributed by atoms with Gasteiger partial charge in [-0.25, -0.2) is 14.7 Å². The van der Waals surface area contributed by atoms with E-state index in [1.165, 1.54) is 0 Å². The molecule has 9 nitrogen and oxygen atoms in total. The Morgan fingerprint density at radius 1 is 0.947 bits per heavy atom. The highest BCUT2D eigenvalue weighted by Crippen LogP contribution is 2.23. The van der Waals surface area contributed by atoms with Gasteiger partial charge in [0.05, 0.1) is 12.2 Å². The fraction of sp³-hybridized carbons (Fsp3) is 0.276. The molecule has 3 aromatic carbocycles.